The second kappa shape index (κ2) is 9.63. The van der Waals surface area contributed by atoms with Gasteiger partial charge < -0.3 is 15.2 Å². The van der Waals surface area contributed by atoms with E-state index in [1.54, 1.807) is 18.2 Å². The van der Waals surface area contributed by atoms with E-state index in [0.29, 0.717) is 13.1 Å². The number of nitrogens with zero attached hydrogens (tertiary/aromatic N) is 2. The third-order valence-electron chi connectivity index (χ3n) is 4.77. The summed E-state index contributed by atoms with van der Waals surface area (Å²) >= 11 is 0. The Morgan fingerprint density at radius 1 is 0.935 bits per heavy atom. The number of phenols is 1. The molecule has 1 amide bonds. The monoisotopic (exact) mass is 413 g/mol. The van der Waals surface area contributed by atoms with Crippen LogP contribution in [-0.2, 0) is 17.9 Å². The molecule has 0 unspecified atom stereocenters. The van der Waals surface area contributed by atoms with Gasteiger partial charge in [-0.05, 0) is 17.7 Å². The Morgan fingerprint density at radius 3 is 2.35 bits per heavy atom. The van der Waals surface area contributed by atoms with E-state index in [9.17, 15) is 9.90 Å². The summed E-state index contributed by atoms with van der Waals surface area (Å²) in [6.07, 6.45) is 1.96. The number of hydrogen-bond donors (Lipinski definition) is 2. The van der Waals surface area contributed by atoms with E-state index in [1.165, 1.54) is 6.07 Å². The number of benzene rings is 3. The molecule has 0 fully saturated rings. The summed E-state index contributed by atoms with van der Waals surface area (Å²) in [4.78, 5) is 12.3. The fourth-order valence-electron chi connectivity index (χ4n) is 3.25. The van der Waals surface area contributed by atoms with Gasteiger partial charge in [0.05, 0.1) is 12.2 Å². The summed E-state index contributed by atoms with van der Waals surface area (Å²) in [5.74, 6) is 0.000214. The maximum absolute atomic E-state index is 12.3. The number of aromatic nitrogens is 2. The summed E-state index contributed by atoms with van der Waals surface area (Å²) in [5.41, 5.74) is 3.89. The van der Waals surface area contributed by atoms with Crippen molar-refractivity contribution in [2.75, 3.05) is 6.61 Å². The van der Waals surface area contributed by atoms with Gasteiger partial charge in [-0.2, -0.15) is 5.10 Å². The van der Waals surface area contributed by atoms with Gasteiger partial charge in [-0.15, -0.1) is 0 Å². The van der Waals surface area contributed by atoms with Crippen LogP contribution in [0.3, 0.4) is 0 Å². The number of carbonyl (C=O) groups excluding carboxylic acids is 1. The summed E-state index contributed by atoms with van der Waals surface area (Å²) < 4.78 is 7.29. The van der Waals surface area contributed by atoms with E-state index in [0.717, 1.165) is 22.4 Å². The van der Waals surface area contributed by atoms with Gasteiger partial charge in [0.25, 0.3) is 5.91 Å². The minimum absolute atomic E-state index is 0.00357. The third kappa shape index (κ3) is 5.30. The van der Waals surface area contributed by atoms with Crippen LogP contribution in [-0.4, -0.2) is 27.4 Å². The van der Waals surface area contributed by atoms with Crippen LogP contribution in [0, 0.1) is 0 Å². The highest BCUT2D eigenvalue weighted by molar-refractivity contribution is 5.78. The number of rotatable bonds is 8. The second-order valence-corrected chi connectivity index (χ2v) is 7.09. The highest BCUT2D eigenvalue weighted by Gasteiger charge is 2.13. The first-order valence-corrected chi connectivity index (χ1v) is 10.0. The minimum Gasteiger partial charge on any atom is -0.504 e. The number of hydrogen-bond acceptors (Lipinski definition) is 4. The molecule has 2 N–H and O–H groups in total. The van der Waals surface area contributed by atoms with E-state index >= 15 is 0 Å². The van der Waals surface area contributed by atoms with Crippen LogP contribution in [0.15, 0.2) is 91.1 Å². The molecule has 0 aliphatic carbocycles. The number of para-hydroxylation sites is 2. The molecule has 4 rings (SSSR count). The van der Waals surface area contributed by atoms with E-state index in [4.69, 9.17) is 9.84 Å². The molecule has 0 aliphatic heterocycles. The standard InChI is InChI=1S/C25H23N3O3/c29-22-13-7-8-14-23(22)31-18-24(30)26-15-21-17-28(16-19-9-3-1-4-10-19)27-25(21)20-11-5-2-6-12-20/h1-14,17,29H,15-16,18H2,(H,26,30). The van der Waals surface area contributed by atoms with Gasteiger partial charge in [0.1, 0.15) is 0 Å². The Bertz CT molecular complexity index is 1140. The first-order chi connectivity index (χ1) is 15.2. The smallest absolute Gasteiger partial charge is 0.258 e. The lowest BCUT2D eigenvalue weighted by molar-refractivity contribution is -0.123. The van der Waals surface area contributed by atoms with Gasteiger partial charge in [0.2, 0.25) is 0 Å². The maximum atomic E-state index is 12.3. The molecule has 3 aromatic carbocycles. The normalized spacial score (nSPS) is 10.6. The quantitative estimate of drug-likeness (QED) is 0.458. The first-order valence-electron chi connectivity index (χ1n) is 10.0. The molecule has 0 aliphatic rings. The molecule has 0 atom stereocenters. The van der Waals surface area contributed by atoms with Crippen molar-refractivity contribution in [3.63, 3.8) is 0 Å². The number of nitrogens with one attached hydrogen (secondary N) is 1. The Hall–Kier alpha value is -4.06. The van der Waals surface area contributed by atoms with Crippen LogP contribution < -0.4 is 10.1 Å². The van der Waals surface area contributed by atoms with Crippen molar-refractivity contribution in [1.29, 1.82) is 0 Å². The van der Waals surface area contributed by atoms with Crippen molar-refractivity contribution in [2.45, 2.75) is 13.1 Å². The van der Waals surface area contributed by atoms with Crippen molar-refractivity contribution in [2.24, 2.45) is 0 Å². The lowest BCUT2D eigenvalue weighted by atomic mass is 10.1. The molecular formula is C25H23N3O3. The van der Waals surface area contributed by atoms with Gasteiger partial charge in [-0.3, -0.25) is 9.48 Å². The number of ether oxygens (including phenoxy) is 1. The maximum Gasteiger partial charge on any atom is 0.258 e. The summed E-state index contributed by atoms with van der Waals surface area (Å²) in [5, 5.41) is 17.4. The first kappa shape index (κ1) is 20.2. The average molecular weight is 413 g/mol. The molecule has 1 heterocycles. The molecule has 1 aromatic heterocycles. The lowest BCUT2D eigenvalue weighted by Crippen LogP contribution is -2.28. The molecule has 0 radical (unpaired) electrons. The number of amides is 1. The van der Waals surface area contributed by atoms with Crippen LogP contribution in [0.1, 0.15) is 11.1 Å². The van der Waals surface area contributed by atoms with Crippen molar-refractivity contribution in [3.8, 4) is 22.8 Å². The van der Waals surface area contributed by atoms with E-state index in [1.807, 2.05) is 59.4 Å². The molecule has 6 heteroatoms. The van der Waals surface area contributed by atoms with Gasteiger partial charge in [-0.25, -0.2) is 0 Å². The van der Waals surface area contributed by atoms with Crippen LogP contribution in [0.25, 0.3) is 11.3 Å². The molecule has 4 aromatic rings. The fourth-order valence-corrected chi connectivity index (χ4v) is 3.25. The van der Waals surface area contributed by atoms with Crippen LogP contribution >= 0.6 is 0 Å². The van der Waals surface area contributed by atoms with E-state index < -0.39 is 0 Å². The Morgan fingerprint density at radius 2 is 1.61 bits per heavy atom. The van der Waals surface area contributed by atoms with Gasteiger partial charge in [-0.1, -0.05) is 72.8 Å². The summed E-state index contributed by atoms with van der Waals surface area (Å²) in [6, 6.07) is 26.6. The van der Waals surface area contributed by atoms with Crippen LogP contribution in [0.5, 0.6) is 11.5 Å². The average Bonchev–Trinajstić information content (AvgIpc) is 3.21. The molecule has 31 heavy (non-hydrogen) atoms. The molecule has 0 bridgehead atoms. The molecule has 156 valence electrons. The Balaban J connectivity index is 1.46. The van der Waals surface area contributed by atoms with Gasteiger partial charge in [0.15, 0.2) is 18.1 Å². The van der Waals surface area contributed by atoms with E-state index in [-0.39, 0.29) is 24.0 Å². The zero-order valence-electron chi connectivity index (χ0n) is 16.9. The molecule has 6 nitrogen and oxygen atoms in total. The molecule has 0 saturated heterocycles. The van der Waals surface area contributed by atoms with Crippen LogP contribution in [0.4, 0.5) is 0 Å². The Kier molecular flexibility index (Phi) is 6.28. The highest BCUT2D eigenvalue weighted by Crippen LogP contribution is 2.24. The zero-order chi connectivity index (χ0) is 21.5. The second-order valence-electron chi connectivity index (χ2n) is 7.09. The SMILES string of the molecule is O=C(COc1ccccc1O)NCc1cn(Cc2ccccc2)nc1-c1ccccc1. The summed E-state index contributed by atoms with van der Waals surface area (Å²) in [6.45, 7) is 0.781. The fraction of sp³-hybridized carbons (Fsp3) is 0.120. The lowest BCUT2D eigenvalue weighted by Gasteiger charge is -2.08. The predicted molar refractivity (Wildman–Crippen MR) is 119 cm³/mol. The predicted octanol–water partition coefficient (Wildman–Crippen LogP) is 4.00. The molecule has 0 spiro atoms. The van der Waals surface area contributed by atoms with E-state index in [2.05, 4.69) is 17.4 Å². The highest BCUT2D eigenvalue weighted by atomic mass is 16.5. The topological polar surface area (TPSA) is 76.4 Å². The Labute approximate surface area is 180 Å². The van der Waals surface area contributed by atoms with Crippen molar-refractivity contribution in [1.82, 2.24) is 15.1 Å². The van der Waals surface area contributed by atoms with Gasteiger partial charge >= 0.3 is 0 Å². The number of phenolic OH excluding ortho intramolecular Hbond substituents is 1. The number of carbonyl (C=O) groups is 1. The minimum atomic E-state index is -0.280. The molecule has 0 saturated carbocycles. The number of aromatic hydroxyl groups is 1. The van der Waals surface area contributed by atoms with Crippen molar-refractivity contribution >= 4 is 5.91 Å². The zero-order valence-corrected chi connectivity index (χ0v) is 16.9. The van der Waals surface area contributed by atoms with Crippen LogP contribution in [0.2, 0.25) is 0 Å². The molecular weight excluding hydrogens is 390 g/mol. The van der Waals surface area contributed by atoms with Gasteiger partial charge in [0, 0.05) is 23.9 Å². The van der Waals surface area contributed by atoms with Crippen molar-refractivity contribution < 1.29 is 14.6 Å². The summed E-state index contributed by atoms with van der Waals surface area (Å²) in [7, 11) is 0. The van der Waals surface area contributed by atoms with Crippen molar-refractivity contribution in [3.05, 3.63) is 102 Å². The third-order valence-corrected chi connectivity index (χ3v) is 4.77. The largest absolute Gasteiger partial charge is 0.504 e.